The Morgan fingerprint density at radius 3 is 2.04 bits per heavy atom. The molecule has 2 aromatic rings. The molecular formula is C19H23NO3S. The van der Waals surface area contributed by atoms with Crippen molar-refractivity contribution in [1.82, 2.24) is 0 Å². The smallest absolute Gasteiger partial charge is 0.256 e. The summed E-state index contributed by atoms with van der Waals surface area (Å²) in [5, 5.41) is 2.19. The van der Waals surface area contributed by atoms with Crippen LogP contribution in [0.4, 0.5) is 5.69 Å². The number of carbonyl (C=O) groups is 1. The monoisotopic (exact) mass is 345 g/mol. The molecule has 0 saturated heterocycles. The highest BCUT2D eigenvalue weighted by Crippen LogP contribution is 2.22. The van der Waals surface area contributed by atoms with Crippen molar-refractivity contribution >= 4 is 21.4 Å². The SMILES string of the molecule is CC(C)c1ccc(NC(=O)c2ccccc2S(=O)(=O)C(C)C)cc1. The Morgan fingerprint density at radius 2 is 1.50 bits per heavy atom. The van der Waals surface area contributed by atoms with Crippen LogP contribution in [0.2, 0.25) is 0 Å². The molecule has 0 heterocycles. The molecule has 1 N–H and O–H groups in total. The van der Waals surface area contributed by atoms with Crippen LogP contribution in [-0.2, 0) is 9.84 Å². The summed E-state index contributed by atoms with van der Waals surface area (Å²) in [4.78, 5) is 12.6. The molecule has 0 atom stereocenters. The van der Waals surface area contributed by atoms with Crippen molar-refractivity contribution in [2.24, 2.45) is 0 Å². The first kappa shape index (κ1) is 18.2. The van der Waals surface area contributed by atoms with Gasteiger partial charge in [0.1, 0.15) is 0 Å². The fraction of sp³-hybridized carbons (Fsp3) is 0.316. The maximum absolute atomic E-state index is 12.5. The van der Waals surface area contributed by atoms with Gasteiger partial charge < -0.3 is 5.32 Å². The van der Waals surface area contributed by atoms with E-state index in [1.54, 1.807) is 26.0 Å². The molecule has 0 saturated carbocycles. The van der Waals surface area contributed by atoms with Crippen LogP contribution in [0.5, 0.6) is 0 Å². The highest BCUT2D eigenvalue weighted by molar-refractivity contribution is 7.92. The van der Waals surface area contributed by atoms with Gasteiger partial charge in [-0.1, -0.05) is 38.1 Å². The van der Waals surface area contributed by atoms with Crippen molar-refractivity contribution in [2.75, 3.05) is 5.32 Å². The molecule has 0 aliphatic carbocycles. The Bertz CT molecular complexity index is 822. The first-order chi connectivity index (χ1) is 11.2. The van der Waals surface area contributed by atoms with Crippen molar-refractivity contribution in [3.63, 3.8) is 0 Å². The van der Waals surface area contributed by atoms with Gasteiger partial charge in [-0.3, -0.25) is 4.79 Å². The van der Waals surface area contributed by atoms with Crippen LogP contribution in [0.1, 0.15) is 49.5 Å². The molecule has 5 heteroatoms. The molecule has 4 nitrogen and oxygen atoms in total. The van der Waals surface area contributed by atoms with Gasteiger partial charge in [-0.15, -0.1) is 0 Å². The predicted molar refractivity (Wildman–Crippen MR) is 97.2 cm³/mol. The number of nitrogens with one attached hydrogen (secondary N) is 1. The quantitative estimate of drug-likeness (QED) is 0.881. The van der Waals surface area contributed by atoms with Gasteiger partial charge in [-0.2, -0.15) is 0 Å². The first-order valence-electron chi connectivity index (χ1n) is 7.97. The van der Waals surface area contributed by atoms with Gasteiger partial charge in [0, 0.05) is 5.69 Å². The highest BCUT2D eigenvalue weighted by atomic mass is 32.2. The van der Waals surface area contributed by atoms with E-state index in [9.17, 15) is 13.2 Å². The van der Waals surface area contributed by atoms with Crippen LogP contribution < -0.4 is 5.32 Å². The molecule has 128 valence electrons. The number of benzene rings is 2. The minimum atomic E-state index is -3.52. The number of amides is 1. The zero-order chi connectivity index (χ0) is 17.9. The van der Waals surface area contributed by atoms with Crippen LogP contribution in [0.25, 0.3) is 0 Å². The van der Waals surface area contributed by atoms with E-state index in [-0.39, 0.29) is 10.5 Å². The Balaban J connectivity index is 2.31. The number of sulfone groups is 1. The first-order valence-corrected chi connectivity index (χ1v) is 9.52. The lowest BCUT2D eigenvalue weighted by Gasteiger charge is -2.13. The van der Waals surface area contributed by atoms with E-state index in [1.165, 1.54) is 17.7 Å². The van der Waals surface area contributed by atoms with Gasteiger partial charge in [-0.25, -0.2) is 8.42 Å². The average molecular weight is 345 g/mol. The summed E-state index contributed by atoms with van der Waals surface area (Å²) in [7, 11) is -3.52. The molecule has 0 fully saturated rings. The van der Waals surface area contributed by atoms with Crippen molar-refractivity contribution < 1.29 is 13.2 Å². The Morgan fingerprint density at radius 1 is 0.917 bits per heavy atom. The largest absolute Gasteiger partial charge is 0.322 e. The zero-order valence-corrected chi connectivity index (χ0v) is 15.2. The number of anilines is 1. The summed E-state index contributed by atoms with van der Waals surface area (Å²) in [6, 6.07) is 13.9. The van der Waals surface area contributed by atoms with Gasteiger partial charge >= 0.3 is 0 Å². The summed E-state index contributed by atoms with van der Waals surface area (Å²) in [5.74, 6) is -0.0150. The van der Waals surface area contributed by atoms with Gasteiger partial charge in [0.05, 0.1) is 15.7 Å². The number of hydrogen-bond donors (Lipinski definition) is 1. The van der Waals surface area contributed by atoms with E-state index in [0.717, 1.165) is 0 Å². The summed E-state index contributed by atoms with van der Waals surface area (Å²) in [6.45, 7) is 7.41. The maximum Gasteiger partial charge on any atom is 0.256 e. The van der Waals surface area contributed by atoms with E-state index in [0.29, 0.717) is 11.6 Å². The second-order valence-corrected chi connectivity index (χ2v) is 8.79. The predicted octanol–water partition coefficient (Wildman–Crippen LogP) is 4.24. The van der Waals surface area contributed by atoms with E-state index >= 15 is 0 Å². The van der Waals surface area contributed by atoms with Crippen molar-refractivity contribution in [3.8, 4) is 0 Å². The highest BCUT2D eigenvalue weighted by Gasteiger charge is 2.25. The molecule has 24 heavy (non-hydrogen) atoms. The van der Waals surface area contributed by atoms with E-state index < -0.39 is 21.0 Å². The van der Waals surface area contributed by atoms with Crippen LogP contribution in [-0.4, -0.2) is 19.6 Å². The minimum absolute atomic E-state index is 0.0660. The molecule has 0 bridgehead atoms. The van der Waals surface area contributed by atoms with Crippen LogP contribution >= 0.6 is 0 Å². The Kier molecular flexibility index (Phi) is 5.44. The van der Waals surface area contributed by atoms with Gasteiger partial charge in [0.25, 0.3) is 5.91 Å². The molecule has 0 aliphatic rings. The van der Waals surface area contributed by atoms with Gasteiger partial charge in [-0.05, 0) is 49.6 Å². The lowest BCUT2D eigenvalue weighted by Crippen LogP contribution is -2.20. The van der Waals surface area contributed by atoms with Crippen LogP contribution in [0.15, 0.2) is 53.4 Å². The van der Waals surface area contributed by atoms with Crippen molar-refractivity contribution in [3.05, 3.63) is 59.7 Å². The normalized spacial score (nSPS) is 11.8. The molecule has 2 rings (SSSR count). The van der Waals surface area contributed by atoms with Gasteiger partial charge in [0.2, 0.25) is 0 Å². The molecule has 0 spiro atoms. The second kappa shape index (κ2) is 7.18. The van der Waals surface area contributed by atoms with E-state index in [1.807, 2.05) is 24.3 Å². The minimum Gasteiger partial charge on any atom is -0.322 e. The van der Waals surface area contributed by atoms with Crippen molar-refractivity contribution in [1.29, 1.82) is 0 Å². The third kappa shape index (κ3) is 3.85. The zero-order valence-electron chi connectivity index (χ0n) is 14.4. The lowest BCUT2D eigenvalue weighted by atomic mass is 10.0. The Hall–Kier alpha value is -2.14. The number of hydrogen-bond acceptors (Lipinski definition) is 3. The summed E-state index contributed by atoms with van der Waals surface area (Å²) >= 11 is 0. The molecule has 0 aliphatic heterocycles. The molecule has 0 radical (unpaired) electrons. The van der Waals surface area contributed by atoms with Crippen molar-refractivity contribution in [2.45, 2.75) is 43.8 Å². The molecular weight excluding hydrogens is 322 g/mol. The van der Waals surface area contributed by atoms with E-state index in [4.69, 9.17) is 0 Å². The fourth-order valence-electron chi connectivity index (χ4n) is 2.31. The second-order valence-electron chi connectivity index (χ2n) is 6.32. The molecule has 2 aromatic carbocycles. The summed E-state index contributed by atoms with van der Waals surface area (Å²) in [5.41, 5.74) is 1.98. The third-order valence-corrected chi connectivity index (χ3v) is 6.10. The molecule has 0 aromatic heterocycles. The maximum atomic E-state index is 12.5. The molecule has 1 amide bonds. The standard InChI is InChI=1S/C19H23NO3S/c1-13(2)15-9-11-16(12-10-15)20-19(21)17-7-5-6-8-18(17)24(22,23)14(3)4/h5-14H,1-4H3,(H,20,21). The number of carbonyl (C=O) groups excluding carboxylic acids is 1. The van der Waals surface area contributed by atoms with Crippen LogP contribution in [0, 0.1) is 0 Å². The number of rotatable bonds is 5. The fourth-order valence-corrected chi connectivity index (χ4v) is 3.55. The van der Waals surface area contributed by atoms with Gasteiger partial charge in [0.15, 0.2) is 9.84 Å². The van der Waals surface area contributed by atoms with Crippen LogP contribution in [0.3, 0.4) is 0 Å². The third-order valence-electron chi connectivity index (χ3n) is 3.89. The average Bonchev–Trinajstić information content (AvgIpc) is 2.55. The molecule has 0 unspecified atom stereocenters. The Labute approximate surface area is 143 Å². The summed E-state index contributed by atoms with van der Waals surface area (Å²) in [6.07, 6.45) is 0. The van der Waals surface area contributed by atoms with E-state index in [2.05, 4.69) is 19.2 Å². The topological polar surface area (TPSA) is 63.2 Å². The lowest BCUT2D eigenvalue weighted by molar-refractivity contribution is 0.102. The summed E-state index contributed by atoms with van der Waals surface area (Å²) < 4.78 is 24.9.